The van der Waals surface area contributed by atoms with E-state index in [0.717, 1.165) is 11.1 Å². The average molecular weight is 294 g/mol. The van der Waals surface area contributed by atoms with Crippen LogP contribution in [0, 0.1) is 23.7 Å². The third kappa shape index (κ3) is 4.14. The minimum atomic E-state index is 0.215. The van der Waals surface area contributed by atoms with E-state index in [-0.39, 0.29) is 6.61 Å². The van der Waals surface area contributed by atoms with E-state index in [1.54, 1.807) is 18.2 Å². The number of terminal acetylenes is 1. The Balaban J connectivity index is 2.33. The topological polar surface area (TPSA) is 33.0 Å². The number of allylic oxidation sites excluding steroid dienone is 1. The maximum atomic E-state index is 9.32. The number of hydrogen-bond donors (Lipinski definition) is 0. The first-order valence-corrected chi connectivity index (χ1v) is 6.65. The van der Waals surface area contributed by atoms with Crippen molar-refractivity contribution in [3.63, 3.8) is 0 Å². The molecule has 0 aliphatic carbocycles. The van der Waals surface area contributed by atoms with Crippen molar-refractivity contribution in [2.75, 3.05) is 6.61 Å². The van der Waals surface area contributed by atoms with Crippen LogP contribution in [0.2, 0.25) is 5.02 Å². The number of nitrogens with zero attached hydrogens (tertiary/aromatic N) is 1. The van der Waals surface area contributed by atoms with Crippen molar-refractivity contribution in [1.82, 2.24) is 0 Å². The summed E-state index contributed by atoms with van der Waals surface area (Å²) >= 11 is 5.96. The molecule has 3 heteroatoms. The van der Waals surface area contributed by atoms with Crippen molar-refractivity contribution in [3.8, 4) is 24.2 Å². The number of halogens is 1. The molecule has 2 nitrogen and oxygen atoms in total. The van der Waals surface area contributed by atoms with Gasteiger partial charge in [0.2, 0.25) is 0 Å². The van der Waals surface area contributed by atoms with Gasteiger partial charge in [-0.3, -0.25) is 0 Å². The second-order valence-corrected chi connectivity index (χ2v) is 4.68. The second kappa shape index (κ2) is 7.20. The highest BCUT2D eigenvalue weighted by Crippen LogP contribution is 2.22. The van der Waals surface area contributed by atoms with Gasteiger partial charge in [-0.1, -0.05) is 41.8 Å². The first kappa shape index (κ1) is 14.7. The van der Waals surface area contributed by atoms with E-state index in [1.807, 2.05) is 36.4 Å². The Morgan fingerprint density at radius 1 is 1.24 bits per heavy atom. The lowest BCUT2D eigenvalue weighted by molar-refractivity contribution is 0.370. The molecule has 2 aromatic rings. The molecule has 0 fully saturated rings. The van der Waals surface area contributed by atoms with Crippen LogP contribution in [-0.4, -0.2) is 6.61 Å². The molecule has 21 heavy (non-hydrogen) atoms. The van der Waals surface area contributed by atoms with Gasteiger partial charge in [0, 0.05) is 5.02 Å². The molecule has 0 aromatic heterocycles. The average Bonchev–Trinajstić information content (AvgIpc) is 2.51. The fraction of sp³-hybridized carbons (Fsp3) is 0.0556. The summed E-state index contributed by atoms with van der Waals surface area (Å²) in [5, 5.41) is 9.92. The summed E-state index contributed by atoms with van der Waals surface area (Å²) in [5.74, 6) is 3.09. The Morgan fingerprint density at radius 2 is 2.05 bits per heavy atom. The molecule has 0 spiro atoms. The maximum absolute atomic E-state index is 9.32. The van der Waals surface area contributed by atoms with E-state index < -0.39 is 0 Å². The Labute approximate surface area is 129 Å². The van der Waals surface area contributed by atoms with Gasteiger partial charge < -0.3 is 4.74 Å². The largest absolute Gasteiger partial charge is 0.481 e. The minimum absolute atomic E-state index is 0.215. The highest BCUT2D eigenvalue weighted by atomic mass is 35.5. The van der Waals surface area contributed by atoms with E-state index in [4.69, 9.17) is 22.8 Å². The molecule has 0 unspecified atom stereocenters. The number of hydrogen-bond acceptors (Lipinski definition) is 2. The van der Waals surface area contributed by atoms with Crippen LogP contribution in [0.4, 0.5) is 0 Å². The molecule has 0 bridgehead atoms. The number of rotatable bonds is 4. The monoisotopic (exact) mass is 293 g/mol. The summed E-state index contributed by atoms with van der Waals surface area (Å²) in [6.45, 7) is 0.215. The van der Waals surface area contributed by atoms with Crippen LogP contribution in [0.5, 0.6) is 5.75 Å². The van der Waals surface area contributed by atoms with E-state index in [9.17, 15) is 5.26 Å². The first-order valence-electron chi connectivity index (χ1n) is 6.27. The van der Waals surface area contributed by atoms with Gasteiger partial charge in [0.1, 0.15) is 12.4 Å². The van der Waals surface area contributed by atoms with Gasteiger partial charge in [-0.2, -0.15) is 5.26 Å². The zero-order chi connectivity index (χ0) is 15.1. The normalized spacial score (nSPS) is 10.5. The van der Waals surface area contributed by atoms with Crippen LogP contribution >= 0.6 is 11.6 Å². The Bertz CT molecular complexity index is 750. The van der Waals surface area contributed by atoms with Gasteiger partial charge in [0.05, 0.1) is 11.6 Å². The summed E-state index contributed by atoms with van der Waals surface area (Å²) in [7, 11) is 0. The van der Waals surface area contributed by atoms with Crippen molar-refractivity contribution in [1.29, 1.82) is 5.26 Å². The quantitative estimate of drug-likeness (QED) is 0.475. The Kier molecular flexibility index (Phi) is 5.04. The molecule has 2 aromatic carbocycles. The molecular formula is C18H12ClNO. The van der Waals surface area contributed by atoms with Gasteiger partial charge in [0.25, 0.3) is 0 Å². The Morgan fingerprint density at radius 3 is 2.76 bits per heavy atom. The molecule has 0 aliphatic rings. The molecule has 0 amide bonds. The van der Waals surface area contributed by atoms with E-state index in [0.29, 0.717) is 16.3 Å². The highest BCUT2D eigenvalue weighted by Gasteiger charge is 2.02. The molecule has 0 saturated heterocycles. The van der Waals surface area contributed by atoms with Gasteiger partial charge in [-0.05, 0) is 41.5 Å². The third-order valence-corrected chi connectivity index (χ3v) is 2.98. The van der Waals surface area contributed by atoms with Gasteiger partial charge in [-0.25, -0.2) is 0 Å². The molecule has 2 rings (SSSR count). The molecule has 102 valence electrons. The second-order valence-electron chi connectivity index (χ2n) is 4.25. The number of ether oxygens (including phenoxy) is 1. The van der Waals surface area contributed by atoms with E-state index >= 15 is 0 Å². The standard InChI is InChI=1S/C18H12ClNO/c1-2-9-21-18-8-3-5-14(11-18)10-16(13-20)15-6-4-7-17(19)12-15/h1,3-8,10-12H,9H2/b16-10-. The minimum Gasteiger partial charge on any atom is -0.481 e. The van der Waals surface area contributed by atoms with Gasteiger partial charge in [0.15, 0.2) is 0 Å². The Hall–Kier alpha value is -2.68. The number of benzene rings is 2. The van der Waals surface area contributed by atoms with Crippen molar-refractivity contribution in [2.24, 2.45) is 0 Å². The lowest BCUT2D eigenvalue weighted by atomic mass is 10.0. The predicted octanol–water partition coefficient (Wildman–Crippen LogP) is 4.42. The van der Waals surface area contributed by atoms with Gasteiger partial charge >= 0.3 is 0 Å². The smallest absolute Gasteiger partial charge is 0.148 e. The maximum Gasteiger partial charge on any atom is 0.148 e. The molecule has 0 N–H and O–H groups in total. The number of nitriles is 1. The van der Waals surface area contributed by atoms with E-state index in [1.165, 1.54) is 0 Å². The summed E-state index contributed by atoms with van der Waals surface area (Å²) in [6.07, 6.45) is 6.95. The lowest BCUT2D eigenvalue weighted by Gasteiger charge is -2.04. The predicted molar refractivity (Wildman–Crippen MR) is 85.7 cm³/mol. The molecule has 0 atom stereocenters. The molecule has 0 saturated carbocycles. The molecular weight excluding hydrogens is 282 g/mol. The van der Waals surface area contributed by atoms with Crippen LogP contribution in [0.3, 0.4) is 0 Å². The molecule has 0 heterocycles. The SMILES string of the molecule is C#CCOc1cccc(/C=C(/C#N)c2cccc(Cl)c2)c1. The van der Waals surface area contributed by atoms with Gasteiger partial charge in [-0.15, -0.1) is 6.42 Å². The van der Waals surface area contributed by atoms with Crippen LogP contribution in [0.25, 0.3) is 11.6 Å². The van der Waals surface area contributed by atoms with Crippen LogP contribution in [-0.2, 0) is 0 Å². The summed E-state index contributed by atoms with van der Waals surface area (Å²) in [5.41, 5.74) is 2.17. The summed E-state index contributed by atoms with van der Waals surface area (Å²) in [4.78, 5) is 0. The zero-order valence-corrected chi connectivity index (χ0v) is 12.0. The lowest BCUT2D eigenvalue weighted by Crippen LogP contribution is -1.93. The van der Waals surface area contributed by atoms with Crippen molar-refractivity contribution >= 4 is 23.3 Å². The summed E-state index contributed by atoms with van der Waals surface area (Å²) < 4.78 is 5.37. The van der Waals surface area contributed by atoms with Crippen LogP contribution in [0.15, 0.2) is 48.5 Å². The van der Waals surface area contributed by atoms with Crippen molar-refractivity contribution in [2.45, 2.75) is 0 Å². The third-order valence-electron chi connectivity index (χ3n) is 2.75. The first-order chi connectivity index (χ1) is 10.2. The van der Waals surface area contributed by atoms with Crippen molar-refractivity contribution in [3.05, 3.63) is 64.7 Å². The summed E-state index contributed by atoms with van der Waals surface area (Å²) in [6, 6.07) is 16.8. The fourth-order valence-electron chi connectivity index (χ4n) is 1.82. The van der Waals surface area contributed by atoms with E-state index in [2.05, 4.69) is 12.0 Å². The molecule has 0 radical (unpaired) electrons. The zero-order valence-electron chi connectivity index (χ0n) is 11.2. The fourth-order valence-corrected chi connectivity index (χ4v) is 2.01. The van der Waals surface area contributed by atoms with Crippen molar-refractivity contribution < 1.29 is 4.74 Å². The van der Waals surface area contributed by atoms with Crippen LogP contribution in [0.1, 0.15) is 11.1 Å². The van der Waals surface area contributed by atoms with Crippen LogP contribution < -0.4 is 4.74 Å². The highest BCUT2D eigenvalue weighted by molar-refractivity contribution is 6.30. The molecule has 0 aliphatic heterocycles.